The number of hydrogen-bond acceptors (Lipinski definition) is 3. The maximum atomic E-state index is 12.7. The number of nitrogens with zero attached hydrogens (tertiary/aromatic N) is 2. The van der Waals surface area contributed by atoms with Crippen LogP contribution in [-0.4, -0.2) is 37.5 Å². The highest BCUT2D eigenvalue weighted by atomic mass is 16.1. The summed E-state index contributed by atoms with van der Waals surface area (Å²) < 4.78 is 0. The Morgan fingerprint density at radius 2 is 1.93 bits per heavy atom. The van der Waals surface area contributed by atoms with Gasteiger partial charge in [-0.25, -0.2) is 0 Å². The van der Waals surface area contributed by atoms with Gasteiger partial charge in [0.05, 0.1) is 12.0 Å². The van der Waals surface area contributed by atoms with Crippen LogP contribution in [0.15, 0.2) is 48.5 Å². The molecular formula is C26H33N3O. The minimum absolute atomic E-state index is 0.0471. The van der Waals surface area contributed by atoms with Crippen LogP contribution in [-0.2, 0) is 11.2 Å². The molecule has 1 aliphatic heterocycles. The largest absolute Gasteiger partial charge is 0.342 e. The zero-order valence-corrected chi connectivity index (χ0v) is 18.4. The Morgan fingerprint density at radius 3 is 2.60 bits per heavy atom. The van der Waals surface area contributed by atoms with Gasteiger partial charge in [0.2, 0.25) is 5.91 Å². The van der Waals surface area contributed by atoms with Gasteiger partial charge in [-0.2, -0.15) is 5.26 Å². The second-order valence-corrected chi connectivity index (χ2v) is 9.00. The van der Waals surface area contributed by atoms with Crippen LogP contribution in [0.5, 0.6) is 0 Å². The van der Waals surface area contributed by atoms with Gasteiger partial charge in [-0.1, -0.05) is 62.4 Å². The number of likely N-dealkylation sites (tertiary alicyclic amines) is 1. The highest BCUT2D eigenvalue weighted by molar-refractivity contribution is 5.84. The van der Waals surface area contributed by atoms with E-state index in [0.717, 1.165) is 29.9 Å². The molecule has 0 aromatic heterocycles. The predicted molar refractivity (Wildman–Crippen MR) is 122 cm³/mol. The monoisotopic (exact) mass is 403 g/mol. The van der Waals surface area contributed by atoms with Gasteiger partial charge in [-0.3, -0.25) is 4.79 Å². The van der Waals surface area contributed by atoms with Crippen LogP contribution in [0.2, 0.25) is 0 Å². The molecule has 0 saturated carbocycles. The summed E-state index contributed by atoms with van der Waals surface area (Å²) in [4.78, 5) is 15.1. The molecule has 4 heteroatoms. The van der Waals surface area contributed by atoms with Gasteiger partial charge in [0, 0.05) is 6.54 Å². The summed E-state index contributed by atoms with van der Waals surface area (Å²) in [5.41, 5.74) is 4.73. The summed E-state index contributed by atoms with van der Waals surface area (Å²) in [6.45, 7) is 6.66. The van der Waals surface area contributed by atoms with Crippen molar-refractivity contribution in [3.05, 3.63) is 59.7 Å². The smallest absolute Gasteiger partial charge is 0.228 e. The summed E-state index contributed by atoms with van der Waals surface area (Å²) in [5.74, 6) is 0.812. The van der Waals surface area contributed by atoms with E-state index in [2.05, 4.69) is 67.5 Å². The SMILES string of the molecule is CC(C)CC(C(=O)NCC#N)c1cccc(-c2cccc(CC3CCN(C)C3)c2)c1. The van der Waals surface area contributed by atoms with E-state index in [1.54, 1.807) is 0 Å². The molecule has 1 fully saturated rings. The van der Waals surface area contributed by atoms with E-state index in [-0.39, 0.29) is 18.4 Å². The van der Waals surface area contributed by atoms with E-state index in [1.165, 1.54) is 30.6 Å². The molecule has 2 atom stereocenters. The summed E-state index contributed by atoms with van der Waals surface area (Å²) in [6, 6.07) is 19.1. The van der Waals surface area contributed by atoms with Crippen molar-refractivity contribution in [1.82, 2.24) is 10.2 Å². The second-order valence-electron chi connectivity index (χ2n) is 9.00. The Kier molecular flexibility index (Phi) is 7.65. The molecule has 1 heterocycles. The van der Waals surface area contributed by atoms with Crippen molar-refractivity contribution >= 4 is 5.91 Å². The Bertz CT molecular complexity index is 899. The van der Waals surface area contributed by atoms with Crippen LogP contribution < -0.4 is 5.32 Å². The van der Waals surface area contributed by atoms with E-state index in [9.17, 15) is 4.79 Å². The Morgan fingerprint density at radius 1 is 1.20 bits per heavy atom. The summed E-state index contributed by atoms with van der Waals surface area (Å²) in [5, 5.41) is 11.6. The third-order valence-corrected chi connectivity index (χ3v) is 5.93. The van der Waals surface area contributed by atoms with Crippen LogP contribution in [0.3, 0.4) is 0 Å². The van der Waals surface area contributed by atoms with Crippen molar-refractivity contribution in [1.29, 1.82) is 5.26 Å². The molecule has 0 radical (unpaired) electrons. The van der Waals surface area contributed by atoms with E-state index < -0.39 is 0 Å². The van der Waals surface area contributed by atoms with Crippen LogP contribution >= 0.6 is 0 Å². The van der Waals surface area contributed by atoms with Gasteiger partial charge in [0.25, 0.3) is 0 Å². The Balaban J connectivity index is 1.82. The number of rotatable bonds is 8. The summed E-state index contributed by atoms with van der Waals surface area (Å²) in [7, 11) is 2.20. The maximum Gasteiger partial charge on any atom is 0.228 e. The molecule has 30 heavy (non-hydrogen) atoms. The number of nitriles is 1. The van der Waals surface area contributed by atoms with Gasteiger partial charge in [0.1, 0.15) is 6.54 Å². The lowest BCUT2D eigenvalue weighted by molar-refractivity contribution is -0.122. The van der Waals surface area contributed by atoms with Crippen molar-refractivity contribution in [2.45, 2.75) is 39.0 Å². The minimum atomic E-state index is -0.240. The number of carbonyl (C=O) groups excluding carboxylic acids is 1. The quantitative estimate of drug-likeness (QED) is 0.655. The molecule has 4 nitrogen and oxygen atoms in total. The molecule has 158 valence electrons. The summed E-state index contributed by atoms with van der Waals surface area (Å²) in [6.07, 6.45) is 3.14. The van der Waals surface area contributed by atoms with Crippen LogP contribution in [0.4, 0.5) is 0 Å². The van der Waals surface area contributed by atoms with Crippen molar-refractivity contribution in [3.8, 4) is 17.2 Å². The first kappa shape index (κ1) is 22.1. The maximum absolute atomic E-state index is 12.7. The van der Waals surface area contributed by atoms with Crippen LogP contribution in [0, 0.1) is 23.2 Å². The third-order valence-electron chi connectivity index (χ3n) is 5.93. The number of amides is 1. The first-order valence-corrected chi connectivity index (χ1v) is 11.0. The molecule has 1 aliphatic rings. The van der Waals surface area contributed by atoms with Crippen molar-refractivity contribution < 1.29 is 4.79 Å². The first-order valence-electron chi connectivity index (χ1n) is 11.0. The van der Waals surface area contributed by atoms with E-state index in [1.807, 2.05) is 18.2 Å². The fourth-order valence-electron chi connectivity index (χ4n) is 4.45. The number of hydrogen-bond donors (Lipinski definition) is 1. The lowest BCUT2D eigenvalue weighted by Gasteiger charge is -2.19. The standard InChI is InChI=1S/C26H33N3O/c1-19(2)14-25(26(30)28-12-11-27)24-9-5-8-23(17-24)22-7-4-6-20(16-22)15-21-10-13-29(3)18-21/h4-9,16-17,19,21,25H,10,12-15,18H2,1-3H3,(H,28,30). The van der Waals surface area contributed by atoms with E-state index in [4.69, 9.17) is 5.26 Å². The normalized spacial score (nSPS) is 17.6. The molecule has 1 amide bonds. The first-order chi connectivity index (χ1) is 14.5. The molecule has 1 saturated heterocycles. The van der Waals surface area contributed by atoms with Gasteiger partial charge in [-0.05, 0) is 66.9 Å². The van der Waals surface area contributed by atoms with Crippen LogP contribution in [0.25, 0.3) is 11.1 Å². The molecule has 2 unspecified atom stereocenters. The van der Waals surface area contributed by atoms with Crippen molar-refractivity contribution in [2.24, 2.45) is 11.8 Å². The molecule has 3 rings (SSSR count). The van der Waals surface area contributed by atoms with Crippen LogP contribution in [0.1, 0.15) is 43.7 Å². The highest BCUT2D eigenvalue weighted by Crippen LogP contribution is 2.30. The summed E-state index contributed by atoms with van der Waals surface area (Å²) >= 11 is 0. The highest BCUT2D eigenvalue weighted by Gasteiger charge is 2.22. The number of benzene rings is 2. The van der Waals surface area contributed by atoms with Gasteiger partial charge in [-0.15, -0.1) is 0 Å². The van der Waals surface area contributed by atoms with E-state index in [0.29, 0.717) is 5.92 Å². The van der Waals surface area contributed by atoms with Gasteiger partial charge < -0.3 is 10.2 Å². The molecule has 0 aliphatic carbocycles. The second kappa shape index (κ2) is 10.4. The molecule has 2 aromatic carbocycles. The molecule has 1 N–H and O–H groups in total. The fraction of sp³-hybridized carbons (Fsp3) is 0.462. The molecular weight excluding hydrogens is 370 g/mol. The van der Waals surface area contributed by atoms with Gasteiger partial charge in [0.15, 0.2) is 0 Å². The average molecular weight is 404 g/mol. The Labute approximate surface area is 180 Å². The van der Waals surface area contributed by atoms with E-state index >= 15 is 0 Å². The third kappa shape index (κ3) is 5.93. The average Bonchev–Trinajstić information content (AvgIpc) is 3.15. The zero-order valence-electron chi connectivity index (χ0n) is 18.4. The minimum Gasteiger partial charge on any atom is -0.342 e. The number of nitrogens with one attached hydrogen (secondary N) is 1. The lowest BCUT2D eigenvalue weighted by Crippen LogP contribution is -2.30. The topological polar surface area (TPSA) is 56.1 Å². The van der Waals surface area contributed by atoms with Crippen molar-refractivity contribution in [3.63, 3.8) is 0 Å². The fourth-order valence-corrected chi connectivity index (χ4v) is 4.45. The van der Waals surface area contributed by atoms with Gasteiger partial charge >= 0.3 is 0 Å². The zero-order chi connectivity index (χ0) is 21.5. The molecule has 0 bridgehead atoms. The molecule has 2 aromatic rings. The number of carbonyl (C=O) groups is 1. The van der Waals surface area contributed by atoms with Crippen molar-refractivity contribution in [2.75, 3.05) is 26.7 Å². The Hall–Kier alpha value is -2.64. The molecule has 0 spiro atoms. The predicted octanol–water partition coefficient (Wildman–Crippen LogP) is 4.62. The lowest BCUT2D eigenvalue weighted by atomic mass is 9.87.